The Balaban J connectivity index is 0.987. The zero-order chi connectivity index (χ0) is 37.1. The summed E-state index contributed by atoms with van der Waals surface area (Å²) >= 11 is 0. The van der Waals surface area contributed by atoms with Crippen molar-refractivity contribution in [3.05, 3.63) is 223 Å². The smallest absolute Gasteiger partial charge is 0.160 e. The van der Waals surface area contributed by atoms with Gasteiger partial charge in [-0.2, -0.15) is 0 Å². The molecular weight excluding hydrogens is 683 g/mol. The van der Waals surface area contributed by atoms with E-state index in [1.165, 1.54) is 11.1 Å². The van der Waals surface area contributed by atoms with Gasteiger partial charge in [0.15, 0.2) is 5.82 Å². The normalized spacial score (nSPS) is 12.9. The van der Waals surface area contributed by atoms with Gasteiger partial charge >= 0.3 is 0 Å². The Labute approximate surface area is 325 Å². The van der Waals surface area contributed by atoms with Gasteiger partial charge in [0.1, 0.15) is 11.5 Å². The Bertz CT molecular complexity index is 2840. The number of ether oxygens (including phenoxy) is 1. The summed E-state index contributed by atoms with van der Waals surface area (Å²) in [6.45, 7) is 0. The molecule has 1 spiro atoms. The highest BCUT2D eigenvalue weighted by molar-refractivity contribution is 5.89. The molecule has 1 aliphatic carbocycles. The Morgan fingerprint density at radius 2 is 0.875 bits per heavy atom. The first-order valence-corrected chi connectivity index (χ1v) is 18.9. The minimum atomic E-state index is -0.555. The maximum atomic E-state index is 6.52. The van der Waals surface area contributed by atoms with E-state index in [2.05, 4.69) is 146 Å². The van der Waals surface area contributed by atoms with Crippen LogP contribution in [0.2, 0.25) is 0 Å². The van der Waals surface area contributed by atoms with Crippen molar-refractivity contribution in [2.75, 3.05) is 0 Å². The van der Waals surface area contributed by atoms with Gasteiger partial charge in [0.05, 0.1) is 22.5 Å². The van der Waals surface area contributed by atoms with Gasteiger partial charge in [0, 0.05) is 39.6 Å². The number of hydrogen-bond donors (Lipinski definition) is 0. The average Bonchev–Trinajstić information content (AvgIpc) is 3.57. The minimum absolute atomic E-state index is 0.555. The Kier molecular flexibility index (Phi) is 7.36. The highest BCUT2D eigenvalue weighted by Crippen LogP contribution is 2.61. The fraction of sp³-hybridized carbons (Fsp3) is 0.0192. The molecule has 1 aliphatic heterocycles. The van der Waals surface area contributed by atoms with Crippen LogP contribution >= 0.6 is 0 Å². The molecule has 3 heterocycles. The molecule has 4 nitrogen and oxygen atoms in total. The monoisotopic (exact) mass is 715 g/mol. The first kappa shape index (κ1) is 32.0. The third-order valence-corrected chi connectivity index (χ3v) is 11.2. The number of rotatable bonds is 5. The van der Waals surface area contributed by atoms with Crippen LogP contribution in [0.25, 0.3) is 67.4 Å². The lowest BCUT2D eigenvalue weighted by Gasteiger charge is -2.39. The molecule has 0 amide bonds. The number of aromatic nitrogens is 3. The fourth-order valence-corrected chi connectivity index (χ4v) is 8.67. The Morgan fingerprint density at radius 1 is 0.357 bits per heavy atom. The van der Waals surface area contributed by atoms with Gasteiger partial charge in [0.25, 0.3) is 0 Å². The first-order valence-electron chi connectivity index (χ1n) is 18.9. The molecule has 0 unspecified atom stereocenters. The second-order valence-corrected chi connectivity index (χ2v) is 14.4. The molecule has 0 atom stereocenters. The van der Waals surface area contributed by atoms with Crippen molar-refractivity contribution in [3.8, 4) is 78.9 Å². The van der Waals surface area contributed by atoms with Crippen LogP contribution in [0.4, 0.5) is 0 Å². The number of nitrogens with zero attached hydrogens (tertiary/aromatic N) is 3. The van der Waals surface area contributed by atoms with Gasteiger partial charge in [0.2, 0.25) is 0 Å². The molecule has 0 fully saturated rings. The van der Waals surface area contributed by atoms with Crippen molar-refractivity contribution in [2.45, 2.75) is 5.41 Å². The number of hydrogen-bond acceptors (Lipinski definition) is 4. The number of fused-ring (bicyclic) bond motifs is 9. The molecular formula is C52H33N3O. The van der Waals surface area contributed by atoms with Crippen molar-refractivity contribution in [3.63, 3.8) is 0 Å². The van der Waals surface area contributed by atoms with Gasteiger partial charge in [-0.25, -0.2) is 9.97 Å². The quantitative estimate of drug-likeness (QED) is 0.178. The molecule has 0 radical (unpaired) electrons. The van der Waals surface area contributed by atoms with E-state index in [0.29, 0.717) is 5.82 Å². The van der Waals surface area contributed by atoms with Gasteiger partial charge in [-0.05, 0) is 69.8 Å². The lowest BCUT2D eigenvalue weighted by atomic mass is 9.66. The van der Waals surface area contributed by atoms with Crippen LogP contribution in [-0.4, -0.2) is 15.0 Å². The molecule has 56 heavy (non-hydrogen) atoms. The van der Waals surface area contributed by atoms with Crippen LogP contribution in [0, 0.1) is 0 Å². The highest BCUT2D eigenvalue weighted by Gasteiger charge is 2.51. The minimum Gasteiger partial charge on any atom is -0.457 e. The van der Waals surface area contributed by atoms with Crippen LogP contribution in [0.15, 0.2) is 200 Å². The van der Waals surface area contributed by atoms with Crippen molar-refractivity contribution < 1.29 is 4.74 Å². The number of para-hydroxylation sites is 2. The largest absolute Gasteiger partial charge is 0.457 e. The van der Waals surface area contributed by atoms with Crippen LogP contribution in [0.3, 0.4) is 0 Å². The van der Waals surface area contributed by atoms with E-state index in [-0.39, 0.29) is 0 Å². The lowest BCUT2D eigenvalue weighted by Crippen LogP contribution is -2.32. The van der Waals surface area contributed by atoms with E-state index < -0.39 is 5.41 Å². The van der Waals surface area contributed by atoms with E-state index in [0.717, 1.165) is 84.2 Å². The fourth-order valence-electron chi connectivity index (χ4n) is 8.67. The van der Waals surface area contributed by atoms with Crippen molar-refractivity contribution in [2.24, 2.45) is 0 Å². The van der Waals surface area contributed by atoms with E-state index in [1.807, 2.05) is 54.7 Å². The Morgan fingerprint density at radius 3 is 1.52 bits per heavy atom. The van der Waals surface area contributed by atoms with E-state index >= 15 is 0 Å². The molecule has 0 saturated carbocycles. The first-order chi connectivity index (χ1) is 27.7. The van der Waals surface area contributed by atoms with E-state index in [4.69, 9.17) is 19.7 Å². The SMILES string of the molecule is c1ccc(-c2cc(-c3ccccc3)nc(-c3cccc(-c4ccc(-c5ccc6c(c5)C5(c7ccccc7Oc7ccccc75)c5cccnc5-6)cc4)c3)n2)cc1. The molecule has 4 heteroatoms. The molecule has 0 saturated heterocycles. The topological polar surface area (TPSA) is 47.9 Å². The van der Waals surface area contributed by atoms with Crippen molar-refractivity contribution >= 4 is 0 Å². The predicted octanol–water partition coefficient (Wildman–Crippen LogP) is 12.7. The molecule has 11 rings (SSSR count). The summed E-state index contributed by atoms with van der Waals surface area (Å²) in [4.78, 5) is 15.1. The zero-order valence-corrected chi connectivity index (χ0v) is 30.3. The molecule has 9 aromatic rings. The summed E-state index contributed by atoms with van der Waals surface area (Å²) in [5.41, 5.74) is 15.7. The van der Waals surface area contributed by atoms with Crippen molar-refractivity contribution in [1.82, 2.24) is 15.0 Å². The lowest BCUT2D eigenvalue weighted by molar-refractivity contribution is 0.436. The molecule has 2 aromatic heterocycles. The average molecular weight is 716 g/mol. The maximum Gasteiger partial charge on any atom is 0.160 e. The van der Waals surface area contributed by atoms with Crippen LogP contribution in [-0.2, 0) is 5.41 Å². The van der Waals surface area contributed by atoms with Crippen LogP contribution in [0.5, 0.6) is 11.5 Å². The standard InChI is InChI=1S/C52H33N3O/c1-3-13-36(14-4-1)46-33-47(37-15-5-2-6-16-37)55-51(54-46)40-18-11-17-38(31-40)34-24-26-35(27-25-34)39-28-29-41-45(32-39)52(44-21-12-30-53-50(41)44)42-19-7-9-22-48(42)56-49-23-10-8-20-43(49)52/h1-33H. The number of benzene rings is 7. The summed E-state index contributed by atoms with van der Waals surface area (Å²) in [6, 6.07) is 68.1. The summed E-state index contributed by atoms with van der Waals surface area (Å²) < 4.78 is 6.52. The van der Waals surface area contributed by atoms with Gasteiger partial charge in [-0.3, -0.25) is 4.98 Å². The second-order valence-electron chi connectivity index (χ2n) is 14.4. The number of pyridine rings is 1. The molecule has 262 valence electrons. The van der Waals surface area contributed by atoms with Gasteiger partial charge in [-0.1, -0.05) is 158 Å². The summed E-state index contributed by atoms with van der Waals surface area (Å²) in [6.07, 6.45) is 1.90. The van der Waals surface area contributed by atoms with Gasteiger partial charge in [-0.15, -0.1) is 0 Å². The third kappa shape index (κ3) is 5.04. The molecule has 7 aromatic carbocycles. The molecule has 2 aliphatic rings. The predicted molar refractivity (Wildman–Crippen MR) is 224 cm³/mol. The highest BCUT2D eigenvalue weighted by atomic mass is 16.5. The van der Waals surface area contributed by atoms with Crippen LogP contribution in [0.1, 0.15) is 22.3 Å². The second kappa shape index (κ2) is 12.9. The van der Waals surface area contributed by atoms with E-state index in [1.54, 1.807) is 0 Å². The summed E-state index contributed by atoms with van der Waals surface area (Å²) in [5, 5.41) is 0. The summed E-state index contributed by atoms with van der Waals surface area (Å²) in [5.74, 6) is 2.45. The van der Waals surface area contributed by atoms with Crippen LogP contribution < -0.4 is 4.74 Å². The Hall–Kier alpha value is -7.43. The molecule has 0 N–H and O–H groups in total. The maximum absolute atomic E-state index is 6.52. The van der Waals surface area contributed by atoms with Crippen molar-refractivity contribution in [1.29, 1.82) is 0 Å². The van der Waals surface area contributed by atoms with E-state index in [9.17, 15) is 0 Å². The third-order valence-electron chi connectivity index (χ3n) is 11.2. The summed E-state index contributed by atoms with van der Waals surface area (Å²) in [7, 11) is 0. The van der Waals surface area contributed by atoms with Gasteiger partial charge < -0.3 is 4.74 Å². The molecule has 0 bridgehead atoms. The zero-order valence-electron chi connectivity index (χ0n) is 30.3.